The van der Waals surface area contributed by atoms with Crippen LogP contribution < -0.4 is 5.32 Å². The van der Waals surface area contributed by atoms with E-state index in [4.69, 9.17) is 4.74 Å². The van der Waals surface area contributed by atoms with Gasteiger partial charge in [-0.05, 0) is 37.0 Å². The van der Waals surface area contributed by atoms with Gasteiger partial charge in [0.05, 0.1) is 12.2 Å². The molecule has 0 bridgehead atoms. The molecule has 2 atom stereocenters. The molecule has 0 aromatic carbocycles. The van der Waals surface area contributed by atoms with Gasteiger partial charge in [-0.25, -0.2) is 0 Å². The van der Waals surface area contributed by atoms with E-state index in [1.807, 2.05) is 0 Å². The maximum Gasteiger partial charge on any atom is 0.241 e. The second kappa shape index (κ2) is 6.44. The molecule has 0 radical (unpaired) electrons. The highest BCUT2D eigenvalue weighted by Crippen LogP contribution is 2.33. The van der Waals surface area contributed by atoms with Gasteiger partial charge in [-0.3, -0.25) is 10.1 Å². The number of carbonyl (C=O) groups is 1. The molecule has 2 aliphatic rings. The minimum atomic E-state index is 0.0159. The van der Waals surface area contributed by atoms with E-state index in [1.165, 1.54) is 0 Å². The van der Waals surface area contributed by atoms with Gasteiger partial charge in [0.2, 0.25) is 5.91 Å². The number of ether oxygens (including phenoxy) is 1. The molecule has 0 aliphatic carbocycles. The second-order valence-corrected chi connectivity index (χ2v) is 7.16. The number of carbonyl (C=O) groups excluding carboxylic acids is 1. The Morgan fingerprint density at radius 3 is 2.60 bits per heavy atom. The standard InChI is InChI=1S/C16H30N2O2/c1-5-13-15(19)18(14(17-13)10-12(2)3)11-16(4)6-8-20-9-7-16/h12-14,17H,5-11H2,1-4H3. The molecule has 0 saturated carbocycles. The van der Waals surface area contributed by atoms with Gasteiger partial charge in [0.1, 0.15) is 0 Å². The van der Waals surface area contributed by atoms with Crippen molar-refractivity contribution in [3.63, 3.8) is 0 Å². The van der Waals surface area contributed by atoms with E-state index in [9.17, 15) is 4.79 Å². The van der Waals surface area contributed by atoms with Crippen LogP contribution in [0.3, 0.4) is 0 Å². The highest BCUT2D eigenvalue weighted by Gasteiger charge is 2.41. The van der Waals surface area contributed by atoms with Crippen LogP contribution >= 0.6 is 0 Å². The van der Waals surface area contributed by atoms with E-state index in [0.29, 0.717) is 11.8 Å². The van der Waals surface area contributed by atoms with E-state index in [-0.39, 0.29) is 17.6 Å². The first-order valence-corrected chi connectivity index (χ1v) is 8.09. The quantitative estimate of drug-likeness (QED) is 0.842. The van der Waals surface area contributed by atoms with Crippen molar-refractivity contribution in [1.82, 2.24) is 10.2 Å². The van der Waals surface area contributed by atoms with Crippen molar-refractivity contribution < 1.29 is 9.53 Å². The Hall–Kier alpha value is -0.610. The van der Waals surface area contributed by atoms with Gasteiger partial charge in [0, 0.05) is 19.8 Å². The molecule has 1 amide bonds. The normalized spacial score (nSPS) is 30.2. The van der Waals surface area contributed by atoms with Crippen molar-refractivity contribution in [3.8, 4) is 0 Å². The molecule has 0 spiro atoms. The minimum Gasteiger partial charge on any atom is -0.381 e. The Balaban J connectivity index is 2.06. The molecule has 2 aliphatic heterocycles. The van der Waals surface area contributed by atoms with Crippen molar-refractivity contribution in [2.45, 2.75) is 65.6 Å². The number of hydrogen-bond acceptors (Lipinski definition) is 3. The first kappa shape index (κ1) is 15.8. The minimum absolute atomic E-state index is 0.0159. The molecule has 2 fully saturated rings. The van der Waals surface area contributed by atoms with Crippen LogP contribution in [0.25, 0.3) is 0 Å². The average molecular weight is 282 g/mol. The fraction of sp³-hybridized carbons (Fsp3) is 0.938. The molecule has 116 valence electrons. The van der Waals surface area contributed by atoms with Gasteiger partial charge in [-0.2, -0.15) is 0 Å². The van der Waals surface area contributed by atoms with Crippen molar-refractivity contribution in [2.24, 2.45) is 11.3 Å². The van der Waals surface area contributed by atoms with Crippen LogP contribution in [0.1, 0.15) is 53.4 Å². The summed E-state index contributed by atoms with van der Waals surface area (Å²) in [6, 6.07) is 0.0159. The summed E-state index contributed by atoms with van der Waals surface area (Å²) in [5.41, 5.74) is 0.216. The third-order valence-electron chi connectivity index (χ3n) is 4.71. The van der Waals surface area contributed by atoms with E-state index < -0.39 is 0 Å². The molecule has 0 aromatic rings. The maximum absolute atomic E-state index is 12.6. The summed E-state index contributed by atoms with van der Waals surface area (Å²) in [6.45, 7) is 11.4. The van der Waals surface area contributed by atoms with Gasteiger partial charge >= 0.3 is 0 Å². The molecule has 2 saturated heterocycles. The van der Waals surface area contributed by atoms with Gasteiger partial charge in [-0.15, -0.1) is 0 Å². The molecule has 4 heteroatoms. The zero-order valence-corrected chi connectivity index (χ0v) is 13.4. The number of amides is 1. The van der Waals surface area contributed by atoms with Crippen LogP contribution in [0.5, 0.6) is 0 Å². The predicted molar refractivity (Wildman–Crippen MR) is 80.3 cm³/mol. The fourth-order valence-corrected chi connectivity index (χ4v) is 3.30. The summed E-state index contributed by atoms with van der Waals surface area (Å²) in [5.74, 6) is 0.895. The third-order valence-corrected chi connectivity index (χ3v) is 4.71. The molecular weight excluding hydrogens is 252 g/mol. The summed E-state index contributed by atoms with van der Waals surface area (Å²) in [6.07, 6.45) is 4.25. The Morgan fingerprint density at radius 2 is 2.05 bits per heavy atom. The van der Waals surface area contributed by atoms with Crippen LogP contribution in [-0.2, 0) is 9.53 Å². The molecule has 4 nitrogen and oxygen atoms in total. The zero-order valence-electron chi connectivity index (χ0n) is 13.4. The Morgan fingerprint density at radius 1 is 1.40 bits per heavy atom. The Bertz CT molecular complexity index is 337. The third kappa shape index (κ3) is 3.53. The molecule has 2 unspecified atom stereocenters. The van der Waals surface area contributed by atoms with E-state index >= 15 is 0 Å². The molecule has 1 N–H and O–H groups in total. The van der Waals surface area contributed by atoms with Crippen LogP contribution in [0, 0.1) is 11.3 Å². The fourth-order valence-electron chi connectivity index (χ4n) is 3.30. The van der Waals surface area contributed by atoms with E-state index in [2.05, 4.69) is 37.9 Å². The molecule has 2 rings (SSSR count). The van der Waals surface area contributed by atoms with Crippen molar-refractivity contribution >= 4 is 5.91 Å². The highest BCUT2D eigenvalue weighted by atomic mass is 16.5. The Kier molecular flexibility index (Phi) is 5.08. The van der Waals surface area contributed by atoms with Crippen LogP contribution in [0.2, 0.25) is 0 Å². The van der Waals surface area contributed by atoms with Crippen LogP contribution in [-0.4, -0.2) is 42.8 Å². The lowest BCUT2D eigenvalue weighted by atomic mass is 9.81. The summed E-state index contributed by atoms with van der Waals surface area (Å²) >= 11 is 0. The predicted octanol–water partition coefficient (Wildman–Crippen LogP) is 2.39. The zero-order chi connectivity index (χ0) is 14.8. The smallest absolute Gasteiger partial charge is 0.241 e. The summed E-state index contributed by atoms with van der Waals surface area (Å²) in [5, 5.41) is 3.52. The molecule has 2 heterocycles. The van der Waals surface area contributed by atoms with E-state index in [1.54, 1.807) is 0 Å². The summed E-state index contributed by atoms with van der Waals surface area (Å²) < 4.78 is 5.47. The number of nitrogens with zero attached hydrogens (tertiary/aromatic N) is 1. The highest BCUT2D eigenvalue weighted by molar-refractivity contribution is 5.84. The van der Waals surface area contributed by atoms with Gasteiger partial charge in [0.25, 0.3) is 0 Å². The second-order valence-electron chi connectivity index (χ2n) is 7.16. The average Bonchev–Trinajstić information content (AvgIpc) is 2.67. The van der Waals surface area contributed by atoms with Crippen molar-refractivity contribution in [1.29, 1.82) is 0 Å². The van der Waals surface area contributed by atoms with Gasteiger partial charge in [0.15, 0.2) is 0 Å². The molecule has 20 heavy (non-hydrogen) atoms. The lowest BCUT2D eigenvalue weighted by molar-refractivity contribution is -0.132. The summed E-state index contributed by atoms with van der Waals surface area (Å²) in [4.78, 5) is 14.7. The lowest BCUT2D eigenvalue weighted by Crippen LogP contribution is -2.46. The van der Waals surface area contributed by atoms with Crippen LogP contribution in [0.15, 0.2) is 0 Å². The number of rotatable bonds is 5. The monoisotopic (exact) mass is 282 g/mol. The van der Waals surface area contributed by atoms with Crippen molar-refractivity contribution in [3.05, 3.63) is 0 Å². The van der Waals surface area contributed by atoms with Crippen LogP contribution in [0.4, 0.5) is 0 Å². The first-order valence-electron chi connectivity index (χ1n) is 8.09. The lowest BCUT2D eigenvalue weighted by Gasteiger charge is -2.39. The van der Waals surface area contributed by atoms with E-state index in [0.717, 1.165) is 45.4 Å². The maximum atomic E-state index is 12.6. The Labute approximate surface area is 123 Å². The van der Waals surface area contributed by atoms with Crippen molar-refractivity contribution in [2.75, 3.05) is 19.8 Å². The number of nitrogens with one attached hydrogen (secondary N) is 1. The molecular formula is C16H30N2O2. The van der Waals surface area contributed by atoms with Gasteiger partial charge < -0.3 is 9.64 Å². The largest absolute Gasteiger partial charge is 0.381 e. The first-order chi connectivity index (χ1) is 9.45. The molecule has 0 aromatic heterocycles. The van der Waals surface area contributed by atoms with Gasteiger partial charge in [-0.1, -0.05) is 27.7 Å². The topological polar surface area (TPSA) is 41.6 Å². The summed E-state index contributed by atoms with van der Waals surface area (Å²) in [7, 11) is 0. The SMILES string of the molecule is CCC1NC(CC(C)C)N(CC2(C)CCOCC2)C1=O. The number of hydrogen-bond donors (Lipinski definition) is 1.